The van der Waals surface area contributed by atoms with Crippen molar-refractivity contribution < 1.29 is 4.74 Å². The first-order valence-electron chi connectivity index (χ1n) is 6.59. The van der Waals surface area contributed by atoms with Crippen LogP contribution in [0.4, 0.5) is 0 Å². The van der Waals surface area contributed by atoms with Crippen LogP contribution >= 0.6 is 11.3 Å². The molecule has 1 aliphatic heterocycles. The maximum absolute atomic E-state index is 5.64. The third-order valence-electron chi connectivity index (χ3n) is 3.14. The fourth-order valence-electron chi connectivity index (χ4n) is 2.08. The SMILES string of the molecule is CCCNC(C)c1csc(CC2CCCO2)n1. The van der Waals surface area contributed by atoms with Crippen LogP contribution in [0.15, 0.2) is 5.38 Å². The molecule has 1 N–H and O–H groups in total. The summed E-state index contributed by atoms with van der Waals surface area (Å²) in [6, 6.07) is 0.365. The summed E-state index contributed by atoms with van der Waals surface area (Å²) in [6.07, 6.45) is 4.96. The molecule has 3 nitrogen and oxygen atoms in total. The quantitative estimate of drug-likeness (QED) is 0.847. The van der Waals surface area contributed by atoms with Gasteiger partial charge in [0.05, 0.1) is 16.8 Å². The van der Waals surface area contributed by atoms with Crippen molar-refractivity contribution in [3.05, 3.63) is 16.1 Å². The monoisotopic (exact) mass is 254 g/mol. The van der Waals surface area contributed by atoms with Crippen LogP contribution in [0.25, 0.3) is 0 Å². The second kappa shape index (κ2) is 6.47. The Kier molecular flexibility index (Phi) is 4.95. The molecule has 0 aliphatic carbocycles. The zero-order valence-corrected chi connectivity index (χ0v) is 11.6. The smallest absolute Gasteiger partial charge is 0.0954 e. The van der Waals surface area contributed by atoms with Crippen LogP contribution in [0.2, 0.25) is 0 Å². The van der Waals surface area contributed by atoms with E-state index >= 15 is 0 Å². The predicted molar refractivity (Wildman–Crippen MR) is 71.5 cm³/mol. The van der Waals surface area contributed by atoms with Gasteiger partial charge in [0, 0.05) is 24.4 Å². The zero-order chi connectivity index (χ0) is 12.1. The van der Waals surface area contributed by atoms with Crippen LogP contribution < -0.4 is 5.32 Å². The number of ether oxygens (including phenoxy) is 1. The topological polar surface area (TPSA) is 34.1 Å². The molecule has 1 aliphatic rings. The molecule has 4 heteroatoms. The number of nitrogens with zero attached hydrogens (tertiary/aromatic N) is 1. The van der Waals surface area contributed by atoms with Gasteiger partial charge in [0.15, 0.2) is 0 Å². The lowest BCUT2D eigenvalue weighted by Gasteiger charge is -2.10. The van der Waals surface area contributed by atoms with Gasteiger partial charge in [-0.3, -0.25) is 0 Å². The number of aromatic nitrogens is 1. The van der Waals surface area contributed by atoms with Gasteiger partial charge < -0.3 is 10.1 Å². The molecule has 96 valence electrons. The number of nitrogens with one attached hydrogen (secondary N) is 1. The van der Waals surface area contributed by atoms with E-state index < -0.39 is 0 Å². The molecule has 2 rings (SSSR count). The first-order chi connectivity index (χ1) is 8.29. The van der Waals surface area contributed by atoms with E-state index in [1.807, 2.05) is 0 Å². The Morgan fingerprint density at radius 3 is 3.24 bits per heavy atom. The molecule has 17 heavy (non-hydrogen) atoms. The highest BCUT2D eigenvalue weighted by molar-refractivity contribution is 7.09. The molecule has 2 unspecified atom stereocenters. The summed E-state index contributed by atoms with van der Waals surface area (Å²) in [5, 5.41) is 6.87. The Balaban J connectivity index is 1.86. The van der Waals surface area contributed by atoms with Crippen LogP contribution in [-0.4, -0.2) is 24.2 Å². The van der Waals surface area contributed by atoms with Gasteiger partial charge in [0.2, 0.25) is 0 Å². The molecule has 0 bridgehead atoms. The molecule has 2 atom stereocenters. The summed E-state index contributed by atoms with van der Waals surface area (Å²) in [6.45, 7) is 6.35. The minimum atomic E-state index is 0.365. The summed E-state index contributed by atoms with van der Waals surface area (Å²) < 4.78 is 5.64. The Labute approximate surface area is 108 Å². The first kappa shape index (κ1) is 13.0. The summed E-state index contributed by atoms with van der Waals surface area (Å²) in [5.74, 6) is 0. The maximum Gasteiger partial charge on any atom is 0.0954 e. The Bertz CT molecular complexity index is 334. The fraction of sp³-hybridized carbons (Fsp3) is 0.769. The van der Waals surface area contributed by atoms with Gasteiger partial charge in [-0.1, -0.05) is 6.92 Å². The van der Waals surface area contributed by atoms with E-state index in [4.69, 9.17) is 9.72 Å². The molecule has 0 amide bonds. The van der Waals surface area contributed by atoms with Gasteiger partial charge in [0.1, 0.15) is 0 Å². The van der Waals surface area contributed by atoms with Crippen LogP contribution in [0.3, 0.4) is 0 Å². The molecule has 0 spiro atoms. The van der Waals surface area contributed by atoms with E-state index in [2.05, 4.69) is 24.5 Å². The van der Waals surface area contributed by atoms with Gasteiger partial charge >= 0.3 is 0 Å². The Morgan fingerprint density at radius 1 is 1.65 bits per heavy atom. The third kappa shape index (κ3) is 3.76. The third-order valence-corrected chi connectivity index (χ3v) is 4.03. The van der Waals surface area contributed by atoms with E-state index in [9.17, 15) is 0 Å². The van der Waals surface area contributed by atoms with Gasteiger partial charge in [-0.2, -0.15) is 0 Å². The lowest BCUT2D eigenvalue weighted by molar-refractivity contribution is 0.111. The number of hydrogen-bond donors (Lipinski definition) is 1. The van der Waals surface area contributed by atoms with Gasteiger partial charge in [-0.05, 0) is 32.7 Å². The van der Waals surface area contributed by atoms with Crippen LogP contribution in [0.5, 0.6) is 0 Å². The van der Waals surface area contributed by atoms with Crippen LogP contribution in [-0.2, 0) is 11.2 Å². The highest BCUT2D eigenvalue weighted by Gasteiger charge is 2.18. The molecule has 1 aromatic rings. The standard InChI is InChI=1S/C13H22N2OS/c1-3-6-14-10(2)12-9-17-13(15-12)8-11-5-4-7-16-11/h9-11,14H,3-8H2,1-2H3. The molecule has 1 aromatic heterocycles. The summed E-state index contributed by atoms with van der Waals surface area (Å²) in [4.78, 5) is 4.70. The summed E-state index contributed by atoms with van der Waals surface area (Å²) >= 11 is 1.77. The Hall–Kier alpha value is -0.450. The highest BCUT2D eigenvalue weighted by Crippen LogP contribution is 2.22. The average Bonchev–Trinajstić information content (AvgIpc) is 2.98. The molecule has 0 saturated carbocycles. The van der Waals surface area contributed by atoms with E-state index in [0.717, 1.165) is 26.0 Å². The van der Waals surface area contributed by atoms with Crippen molar-refractivity contribution >= 4 is 11.3 Å². The Morgan fingerprint density at radius 2 is 2.53 bits per heavy atom. The van der Waals surface area contributed by atoms with E-state index in [-0.39, 0.29) is 0 Å². The van der Waals surface area contributed by atoms with E-state index in [1.165, 1.54) is 23.5 Å². The largest absolute Gasteiger partial charge is 0.378 e. The predicted octanol–water partition coefficient (Wildman–Crippen LogP) is 2.93. The maximum atomic E-state index is 5.64. The lowest BCUT2D eigenvalue weighted by atomic mass is 10.2. The van der Waals surface area contributed by atoms with E-state index in [0.29, 0.717) is 12.1 Å². The van der Waals surface area contributed by atoms with Crippen molar-refractivity contribution in [3.63, 3.8) is 0 Å². The average molecular weight is 254 g/mol. The second-order valence-electron chi connectivity index (χ2n) is 4.68. The number of thiazole rings is 1. The molecule has 1 saturated heterocycles. The minimum Gasteiger partial charge on any atom is -0.378 e. The zero-order valence-electron chi connectivity index (χ0n) is 10.7. The van der Waals surface area contributed by atoms with Gasteiger partial charge in [-0.25, -0.2) is 4.98 Å². The molecule has 2 heterocycles. The van der Waals surface area contributed by atoms with Crippen molar-refractivity contribution in [1.82, 2.24) is 10.3 Å². The highest BCUT2D eigenvalue weighted by atomic mass is 32.1. The van der Waals surface area contributed by atoms with Crippen molar-refractivity contribution in [2.24, 2.45) is 0 Å². The number of rotatable bonds is 6. The molecule has 0 aromatic carbocycles. The van der Waals surface area contributed by atoms with Crippen molar-refractivity contribution in [2.75, 3.05) is 13.2 Å². The normalized spacial score (nSPS) is 21.9. The first-order valence-corrected chi connectivity index (χ1v) is 7.47. The molecule has 0 radical (unpaired) electrons. The second-order valence-corrected chi connectivity index (χ2v) is 5.62. The summed E-state index contributed by atoms with van der Waals surface area (Å²) in [5.41, 5.74) is 1.18. The van der Waals surface area contributed by atoms with Crippen molar-refractivity contribution in [3.8, 4) is 0 Å². The van der Waals surface area contributed by atoms with E-state index in [1.54, 1.807) is 11.3 Å². The molecule has 1 fully saturated rings. The van der Waals surface area contributed by atoms with Gasteiger partial charge in [-0.15, -0.1) is 11.3 Å². The number of hydrogen-bond acceptors (Lipinski definition) is 4. The molecular formula is C13H22N2OS. The fourth-order valence-corrected chi connectivity index (χ4v) is 3.04. The lowest BCUT2D eigenvalue weighted by Crippen LogP contribution is -2.19. The summed E-state index contributed by atoms with van der Waals surface area (Å²) in [7, 11) is 0. The van der Waals surface area contributed by atoms with Crippen LogP contribution in [0, 0.1) is 0 Å². The van der Waals surface area contributed by atoms with Crippen molar-refractivity contribution in [2.45, 2.75) is 51.7 Å². The van der Waals surface area contributed by atoms with Crippen molar-refractivity contribution in [1.29, 1.82) is 0 Å². The van der Waals surface area contributed by atoms with Crippen LogP contribution in [0.1, 0.15) is 49.9 Å². The molecular weight excluding hydrogens is 232 g/mol. The van der Waals surface area contributed by atoms with Gasteiger partial charge in [0.25, 0.3) is 0 Å². The minimum absolute atomic E-state index is 0.365.